The van der Waals surface area contributed by atoms with Crippen molar-refractivity contribution in [3.05, 3.63) is 29.3 Å². The van der Waals surface area contributed by atoms with Crippen molar-refractivity contribution in [1.29, 1.82) is 0 Å². The minimum Gasteiger partial charge on any atom is -0.468 e. The summed E-state index contributed by atoms with van der Waals surface area (Å²) in [4.78, 5) is 23.2. The smallest absolute Gasteiger partial charge is 0.322 e. The Morgan fingerprint density at radius 3 is 2.62 bits per heavy atom. The Bertz CT molecular complexity index is 580. The predicted octanol–water partition coefficient (Wildman–Crippen LogP) is 3.26. The van der Waals surface area contributed by atoms with E-state index >= 15 is 0 Å². The van der Waals surface area contributed by atoms with Gasteiger partial charge in [-0.25, -0.2) is 0 Å². The molecule has 5 heteroatoms. The van der Waals surface area contributed by atoms with E-state index in [1.165, 1.54) is 13.5 Å². The molecule has 1 aromatic rings. The molecule has 0 radical (unpaired) electrons. The minimum absolute atomic E-state index is 0.237. The normalized spacial score (nSPS) is 17.8. The molecule has 2 rings (SSSR count). The predicted molar refractivity (Wildman–Crippen MR) is 94.9 cm³/mol. The summed E-state index contributed by atoms with van der Waals surface area (Å²) < 4.78 is 4.95. The molecule has 1 amide bonds. The van der Waals surface area contributed by atoms with Crippen LogP contribution >= 0.6 is 0 Å². The van der Waals surface area contributed by atoms with E-state index in [4.69, 9.17) is 4.74 Å². The van der Waals surface area contributed by atoms with E-state index in [0.717, 1.165) is 42.5 Å². The van der Waals surface area contributed by atoms with Gasteiger partial charge in [0.15, 0.2) is 0 Å². The summed E-state index contributed by atoms with van der Waals surface area (Å²) >= 11 is 0. The van der Waals surface area contributed by atoms with Gasteiger partial charge in [0.25, 0.3) is 0 Å². The zero-order valence-electron chi connectivity index (χ0n) is 14.9. The molecule has 1 atom stereocenters. The first-order valence-corrected chi connectivity index (χ1v) is 8.73. The van der Waals surface area contributed by atoms with Crippen LogP contribution in [0.3, 0.4) is 0 Å². The summed E-state index contributed by atoms with van der Waals surface area (Å²) in [6.45, 7) is 3.98. The monoisotopic (exact) mass is 332 g/mol. The average Bonchev–Trinajstić information content (AvgIpc) is 2.60. The molecule has 1 fully saturated rings. The number of methoxy groups -OCH3 is 1. The summed E-state index contributed by atoms with van der Waals surface area (Å²) in [5.41, 5.74) is 2.65. The maximum atomic E-state index is 12.1. The Morgan fingerprint density at radius 2 is 2.04 bits per heavy atom. The third-order valence-electron chi connectivity index (χ3n) is 4.96. The number of hydrogen-bond donors (Lipinski definition) is 2. The highest BCUT2D eigenvalue weighted by molar-refractivity contribution is 5.77. The van der Waals surface area contributed by atoms with Crippen LogP contribution in [0, 0.1) is 6.92 Å². The Balaban J connectivity index is 2.44. The van der Waals surface area contributed by atoms with E-state index in [0.29, 0.717) is 12.8 Å². The summed E-state index contributed by atoms with van der Waals surface area (Å²) in [6, 6.07) is 5.77. The molecule has 1 aliphatic carbocycles. The van der Waals surface area contributed by atoms with Crippen LogP contribution in [0.5, 0.6) is 0 Å². The van der Waals surface area contributed by atoms with Crippen LogP contribution in [0.15, 0.2) is 18.2 Å². The molecule has 0 aliphatic heterocycles. The van der Waals surface area contributed by atoms with E-state index in [9.17, 15) is 9.59 Å². The Hall–Kier alpha value is -1.88. The zero-order valence-corrected chi connectivity index (χ0v) is 14.9. The summed E-state index contributed by atoms with van der Waals surface area (Å²) in [5.74, 6) is -0.237. The van der Waals surface area contributed by atoms with Crippen LogP contribution in [0.4, 0.5) is 5.69 Å². The van der Waals surface area contributed by atoms with Crippen molar-refractivity contribution in [3.63, 3.8) is 0 Å². The molecule has 132 valence electrons. The van der Waals surface area contributed by atoms with Crippen LogP contribution in [0.25, 0.3) is 0 Å². The Morgan fingerprint density at radius 1 is 1.33 bits per heavy atom. The molecule has 0 saturated heterocycles. The average molecular weight is 332 g/mol. The molecule has 0 spiro atoms. The van der Waals surface area contributed by atoms with E-state index in [1.54, 1.807) is 0 Å². The van der Waals surface area contributed by atoms with Gasteiger partial charge in [-0.2, -0.15) is 0 Å². The molecule has 1 aromatic carbocycles. The quantitative estimate of drug-likeness (QED) is 0.594. The van der Waals surface area contributed by atoms with Crippen LogP contribution in [0.2, 0.25) is 0 Å². The van der Waals surface area contributed by atoms with Gasteiger partial charge in [0.05, 0.1) is 7.11 Å². The van der Waals surface area contributed by atoms with Gasteiger partial charge in [0.1, 0.15) is 6.04 Å². The van der Waals surface area contributed by atoms with Gasteiger partial charge in [-0.05, 0) is 43.4 Å². The van der Waals surface area contributed by atoms with Crippen LogP contribution in [-0.2, 0) is 19.9 Å². The highest BCUT2D eigenvalue weighted by atomic mass is 16.5. The van der Waals surface area contributed by atoms with Crippen molar-refractivity contribution in [3.8, 4) is 0 Å². The maximum Gasteiger partial charge on any atom is 0.322 e. The summed E-state index contributed by atoms with van der Waals surface area (Å²) in [6.07, 6.45) is 6.65. The fraction of sp³-hybridized carbons (Fsp3) is 0.579. The number of carbonyl (C=O) groups is 2. The molecule has 0 unspecified atom stereocenters. The van der Waals surface area contributed by atoms with E-state index in [1.807, 2.05) is 19.9 Å². The molecule has 0 aromatic heterocycles. The molecule has 1 aliphatic rings. The first kappa shape index (κ1) is 18.5. The van der Waals surface area contributed by atoms with Crippen molar-refractivity contribution in [2.24, 2.45) is 0 Å². The molecule has 2 N–H and O–H groups in total. The number of rotatable bonds is 7. The Kier molecular flexibility index (Phi) is 6.37. The van der Waals surface area contributed by atoms with Gasteiger partial charge in [0, 0.05) is 11.2 Å². The lowest BCUT2D eigenvalue weighted by Crippen LogP contribution is -2.52. The van der Waals surface area contributed by atoms with E-state index in [2.05, 4.69) is 22.8 Å². The first-order valence-electron chi connectivity index (χ1n) is 8.73. The van der Waals surface area contributed by atoms with Crippen molar-refractivity contribution in [1.82, 2.24) is 5.32 Å². The SMILES string of the molecule is CC[C@@H](NC1(c2ccc(C)cc2NC=O)CCCCC1)C(=O)OC. The lowest BCUT2D eigenvalue weighted by molar-refractivity contribution is -0.144. The van der Waals surface area contributed by atoms with Gasteiger partial charge in [-0.15, -0.1) is 0 Å². The maximum absolute atomic E-state index is 12.1. The molecule has 0 bridgehead atoms. The molecular formula is C19H28N2O3. The minimum atomic E-state index is -0.349. The topological polar surface area (TPSA) is 67.4 Å². The first-order chi connectivity index (χ1) is 11.6. The third kappa shape index (κ3) is 3.96. The van der Waals surface area contributed by atoms with Gasteiger partial charge >= 0.3 is 5.97 Å². The zero-order chi connectivity index (χ0) is 17.6. The molecule has 0 heterocycles. The van der Waals surface area contributed by atoms with Gasteiger partial charge in [-0.1, -0.05) is 38.3 Å². The van der Waals surface area contributed by atoms with Crippen LogP contribution < -0.4 is 10.6 Å². The van der Waals surface area contributed by atoms with Gasteiger partial charge in [-0.3, -0.25) is 14.9 Å². The van der Waals surface area contributed by atoms with Crippen LogP contribution in [-0.4, -0.2) is 25.5 Å². The van der Waals surface area contributed by atoms with Crippen molar-refractivity contribution < 1.29 is 14.3 Å². The number of amides is 1. The second kappa shape index (κ2) is 8.29. The van der Waals surface area contributed by atoms with E-state index < -0.39 is 0 Å². The molecule has 24 heavy (non-hydrogen) atoms. The lowest BCUT2D eigenvalue weighted by Gasteiger charge is -2.42. The number of anilines is 1. The fourth-order valence-electron chi connectivity index (χ4n) is 3.71. The Labute approximate surface area is 144 Å². The van der Waals surface area contributed by atoms with Crippen molar-refractivity contribution in [2.45, 2.75) is 64.0 Å². The highest BCUT2D eigenvalue weighted by Gasteiger charge is 2.38. The number of ether oxygens (including phenoxy) is 1. The second-order valence-corrected chi connectivity index (χ2v) is 6.58. The number of benzene rings is 1. The van der Waals surface area contributed by atoms with Crippen LogP contribution in [0.1, 0.15) is 56.6 Å². The highest BCUT2D eigenvalue weighted by Crippen LogP contribution is 2.41. The largest absolute Gasteiger partial charge is 0.468 e. The molecule has 1 saturated carbocycles. The second-order valence-electron chi connectivity index (χ2n) is 6.58. The third-order valence-corrected chi connectivity index (χ3v) is 4.96. The summed E-state index contributed by atoms with van der Waals surface area (Å²) in [7, 11) is 1.42. The number of nitrogens with one attached hydrogen (secondary N) is 2. The van der Waals surface area contributed by atoms with Crippen molar-refractivity contribution in [2.75, 3.05) is 12.4 Å². The lowest BCUT2D eigenvalue weighted by atomic mass is 9.75. The van der Waals surface area contributed by atoms with Gasteiger partial charge < -0.3 is 10.1 Å². The number of carbonyl (C=O) groups excluding carboxylic acids is 2. The number of hydrogen-bond acceptors (Lipinski definition) is 4. The molecule has 5 nitrogen and oxygen atoms in total. The van der Waals surface area contributed by atoms with Crippen molar-refractivity contribution >= 4 is 18.1 Å². The standard InChI is InChI=1S/C19H28N2O3/c1-4-16(18(23)24-3)21-19(10-6-5-7-11-19)15-9-8-14(2)12-17(15)20-13-22/h8-9,12-13,16,21H,4-7,10-11H2,1-3H3,(H,20,22)/t16-/m1/s1. The summed E-state index contributed by atoms with van der Waals surface area (Å²) in [5, 5.41) is 6.41. The molecular weight excluding hydrogens is 304 g/mol. The van der Waals surface area contributed by atoms with E-state index in [-0.39, 0.29) is 17.6 Å². The number of aryl methyl sites for hydroxylation is 1. The number of esters is 1. The van der Waals surface area contributed by atoms with Gasteiger partial charge in [0.2, 0.25) is 6.41 Å². The fourth-order valence-corrected chi connectivity index (χ4v) is 3.71.